The van der Waals surface area contributed by atoms with Crippen molar-refractivity contribution in [2.24, 2.45) is 5.92 Å². The first-order valence-corrected chi connectivity index (χ1v) is 12.1. The van der Waals surface area contributed by atoms with Gasteiger partial charge in [0.15, 0.2) is 0 Å². The second-order valence-corrected chi connectivity index (χ2v) is 9.57. The van der Waals surface area contributed by atoms with Gasteiger partial charge in [0.25, 0.3) is 5.91 Å². The predicted molar refractivity (Wildman–Crippen MR) is 141 cm³/mol. The lowest BCUT2D eigenvalue weighted by molar-refractivity contribution is -0.137. The first kappa shape index (κ1) is 26.8. The molecule has 1 unspecified atom stereocenters. The van der Waals surface area contributed by atoms with Crippen LogP contribution in [0.2, 0.25) is 0 Å². The minimum absolute atomic E-state index is 0.136. The smallest absolute Gasteiger partial charge is 0.416 e. The number of carbonyl (C=O) groups is 2. The first-order valence-electron chi connectivity index (χ1n) is 12.1. The molecular formula is C29H28F3N3O3. The standard InChI is InChI=1S/C29H28F3N3O3/c1-17(2)16-35-24-10-5-4-9-23(24)25(34-22-8-6-7-21(15-22)29(30,31)32)26(35)27(36)33-18(3)19-11-13-20(14-12-19)28(37)38/h4-15,17-18,34H,16H2,1-3H3,(H,33,36)(H,37,38). The Kier molecular flexibility index (Phi) is 7.48. The molecule has 9 heteroatoms. The van der Waals surface area contributed by atoms with Crippen molar-refractivity contribution in [1.82, 2.24) is 9.88 Å². The molecule has 0 spiro atoms. The summed E-state index contributed by atoms with van der Waals surface area (Å²) in [6.07, 6.45) is -4.50. The molecule has 6 nitrogen and oxygen atoms in total. The summed E-state index contributed by atoms with van der Waals surface area (Å²) < 4.78 is 42.0. The minimum Gasteiger partial charge on any atom is -0.478 e. The maximum Gasteiger partial charge on any atom is 0.416 e. The number of anilines is 2. The number of aromatic carboxylic acids is 1. The summed E-state index contributed by atoms with van der Waals surface area (Å²) in [5.74, 6) is -1.28. The van der Waals surface area contributed by atoms with Crippen LogP contribution in [0.25, 0.3) is 10.9 Å². The molecule has 0 aliphatic heterocycles. The molecule has 3 aromatic carbocycles. The van der Waals surface area contributed by atoms with Gasteiger partial charge in [-0.2, -0.15) is 13.2 Å². The summed E-state index contributed by atoms with van der Waals surface area (Å²) in [6, 6.07) is 18.0. The average Bonchev–Trinajstić information content (AvgIpc) is 3.16. The Bertz CT molecular complexity index is 1470. The van der Waals surface area contributed by atoms with E-state index in [9.17, 15) is 22.8 Å². The van der Waals surface area contributed by atoms with Crippen molar-refractivity contribution in [2.75, 3.05) is 5.32 Å². The lowest BCUT2D eigenvalue weighted by atomic mass is 10.1. The molecule has 0 fully saturated rings. The highest BCUT2D eigenvalue weighted by Gasteiger charge is 2.31. The third kappa shape index (κ3) is 5.66. The van der Waals surface area contributed by atoms with Crippen LogP contribution in [0.1, 0.15) is 58.8 Å². The maximum atomic E-state index is 13.8. The third-order valence-electron chi connectivity index (χ3n) is 6.20. The number of hydrogen-bond acceptors (Lipinski definition) is 3. The van der Waals surface area contributed by atoms with Gasteiger partial charge >= 0.3 is 12.1 Å². The van der Waals surface area contributed by atoms with Crippen LogP contribution in [0.3, 0.4) is 0 Å². The Morgan fingerprint density at radius 3 is 2.26 bits per heavy atom. The van der Waals surface area contributed by atoms with E-state index in [1.165, 1.54) is 24.3 Å². The summed E-state index contributed by atoms with van der Waals surface area (Å²) in [5.41, 5.74) is 1.74. The highest BCUT2D eigenvalue weighted by Crippen LogP contribution is 2.36. The van der Waals surface area contributed by atoms with E-state index in [1.54, 1.807) is 19.1 Å². The van der Waals surface area contributed by atoms with Crippen molar-refractivity contribution in [1.29, 1.82) is 0 Å². The number of carboxylic acid groups (broad SMARTS) is 1. The van der Waals surface area contributed by atoms with Crippen LogP contribution in [-0.2, 0) is 12.7 Å². The summed E-state index contributed by atoms with van der Waals surface area (Å²) in [7, 11) is 0. The molecule has 1 heterocycles. The van der Waals surface area contributed by atoms with Gasteiger partial charge in [0.05, 0.1) is 28.4 Å². The van der Waals surface area contributed by atoms with E-state index in [0.29, 0.717) is 28.9 Å². The lowest BCUT2D eigenvalue weighted by Crippen LogP contribution is -2.29. The second-order valence-electron chi connectivity index (χ2n) is 9.57. The van der Waals surface area contributed by atoms with Crippen LogP contribution >= 0.6 is 0 Å². The summed E-state index contributed by atoms with van der Waals surface area (Å²) in [5, 5.41) is 15.9. The Labute approximate surface area is 218 Å². The molecule has 0 aliphatic rings. The van der Waals surface area contributed by atoms with Gasteiger partial charge in [-0.15, -0.1) is 0 Å². The SMILES string of the molecule is CC(C)Cn1c(C(=O)NC(C)c2ccc(C(=O)O)cc2)c(Nc2cccc(C(F)(F)F)c2)c2ccccc21. The molecule has 1 amide bonds. The van der Waals surface area contributed by atoms with Crippen molar-refractivity contribution in [3.05, 3.63) is 95.2 Å². The van der Waals surface area contributed by atoms with Crippen LogP contribution in [0, 0.1) is 5.92 Å². The molecule has 0 aliphatic carbocycles. The molecule has 0 saturated carbocycles. The van der Waals surface area contributed by atoms with E-state index in [2.05, 4.69) is 10.6 Å². The number of carbonyl (C=O) groups excluding carboxylic acids is 1. The van der Waals surface area contributed by atoms with E-state index < -0.39 is 29.7 Å². The van der Waals surface area contributed by atoms with Crippen LogP contribution in [0.4, 0.5) is 24.5 Å². The number of hydrogen-bond donors (Lipinski definition) is 3. The Morgan fingerprint density at radius 1 is 0.947 bits per heavy atom. The monoisotopic (exact) mass is 523 g/mol. The van der Waals surface area contributed by atoms with E-state index in [1.807, 2.05) is 42.7 Å². The fraction of sp³-hybridized carbons (Fsp3) is 0.241. The molecule has 0 radical (unpaired) electrons. The number of aromatic nitrogens is 1. The maximum absolute atomic E-state index is 13.8. The number of fused-ring (bicyclic) bond motifs is 1. The van der Waals surface area contributed by atoms with Crippen LogP contribution < -0.4 is 10.6 Å². The number of benzene rings is 3. The number of nitrogens with one attached hydrogen (secondary N) is 2. The number of alkyl halides is 3. The molecule has 3 N–H and O–H groups in total. The Hall–Kier alpha value is -4.27. The van der Waals surface area contributed by atoms with Gasteiger partial charge in [-0.1, -0.05) is 50.2 Å². The number of nitrogens with zero attached hydrogens (tertiary/aromatic N) is 1. The number of rotatable bonds is 8. The zero-order chi connectivity index (χ0) is 27.6. The summed E-state index contributed by atoms with van der Waals surface area (Å²) >= 11 is 0. The van der Waals surface area contributed by atoms with Gasteiger partial charge in [0, 0.05) is 17.6 Å². The minimum atomic E-state index is -4.50. The third-order valence-corrected chi connectivity index (χ3v) is 6.20. The van der Waals surface area contributed by atoms with E-state index in [0.717, 1.165) is 17.6 Å². The van der Waals surface area contributed by atoms with Crippen molar-refractivity contribution < 1.29 is 27.9 Å². The van der Waals surface area contributed by atoms with Gasteiger partial charge < -0.3 is 20.3 Å². The van der Waals surface area contributed by atoms with Gasteiger partial charge in [-0.05, 0) is 54.8 Å². The predicted octanol–water partition coefficient (Wildman–Crippen LogP) is 7.25. The fourth-order valence-electron chi connectivity index (χ4n) is 4.40. The van der Waals surface area contributed by atoms with Crippen molar-refractivity contribution in [3.8, 4) is 0 Å². The number of para-hydroxylation sites is 1. The quantitative estimate of drug-likeness (QED) is 0.227. The topological polar surface area (TPSA) is 83.4 Å². The van der Waals surface area contributed by atoms with E-state index in [4.69, 9.17) is 5.11 Å². The molecule has 0 saturated heterocycles. The molecule has 1 atom stereocenters. The molecule has 38 heavy (non-hydrogen) atoms. The molecule has 0 bridgehead atoms. The highest BCUT2D eigenvalue weighted by atomic mass is 19.4. The molecular weight excluding hydrogens is 495 g/mol. The largest absolute Gasteiger partial charge is 0.478 e. The van der Waals surface area contributed by atoms with Crippen LogP contribution in [0.5, 0.6) is 0 Å². The zero-order valence-corrected chi connectivity index (χ0v) is 21.1. The number of halogens is 3. The summed E-state index contributed by atoms with van der Waals surface area (Å²) in [6.45, 7) is 6.32. The van der Waals surface area contributed by atoms with Crippen LogP contribution in [-0.4, -0.2) is 21.6 Å². The van der Waals surface area contributed by atoms with E-state index >= 15 is 0 Å². The lowest BCUT2D eigenvalue weighted by Gasteiger charge is -2.19. The van der Waals surface area contributed by atoms with Crippen molar-refractivity contribution in [3.63, 3.8) is 0 Å². The van der Waals surface area contributed by atoms with Crippen LogP contribution in [0.15, 0.2) is 72.8 Å². The fourth-order valence-corrected chi connectivity index (χ4v) is 4.40. The van der Waals surface area contributed by atoms with Crippen molar-refractivity contribution in [2.45, 2.75) is 39.5 Å². The second kappa shape index (κ2) is 10.6. The van der Waals surface area contributed by atoms with Gasteiger partial charge in [-0.25, -0.2) is 4.79 Å². The van der Waals surface area contributed by atoms with E-state index in [-0.39, 0.29) is 17.2 Å². The van der Waals surface area contributed by atoms with Gasteiger partial charge in [0.2, 0.25) is 0 Å². The number of amides is 1. The Balaban J connectivity index is 1.77. The Morgan fingerprint density at radius 2 is 1.63 bits per heavy atom. The molecule has 4 rings (SSSR count). The van der Waals surface area contributed by atoms with Crippen molar-refractivity contribution >= 4 is 34.2 Å². The first-order chi connectivity index (χ1) is 18.0. The van der Waals surface area contributed by atoms with Gasteiger partial charge in [-0.3, -0.25) is 4.79 Å². The molecule has 4 aromatic rings. The molecule has 198 valence electrons. The average molecular weight is 524 g/mol. The zero-order valence-electron chi connectivity index (χ0n) is 21.1. The van der Waals surface area contributed by atoms with Gasteiger partial charge in [0.1, 0.15) is 5.69 Å². The number of carboxylic acids is 1. The highest BCUT2D eigenvalue weighted by molar-refractivity contribution is 6.10. The molecule has 1 aromatic heterocycles. The summed E-state index contributed by atoms with van der Waals surface area (Å²) in [4.78, 5) is 24.9. The normalized spacial score (nSPS) is 12.5.